The number of anilines is 1. The summed E-state index contributed by atoms with van der Waals surface area (Å²) in [4.78, 5) is 12.8. The maximum absolute atomic E-state index is 12.8. The topological polar surface area (TPSA) is 84.2 Å². The molecule has 0 atom stereocenters. The van der Waals surface area contributed by atoms with Crippen LogP contribution in [0.25, 0.3) is 16.6 Å². The van der Waals surface area contributed by atoms with Crippen LogP contribution in [-0.4, -0.2) is 15.4 Å². The molecule has 0 saturated heterocycles. The Bertz CT molecular complexity index is 1040. The number of pyridine rings is 1. The fourth-order valence-electron chi connectivity index (χ4n) is 3.29. The van der Waals surface area contributed by atoms with Crippen molar-refractivity contribution in [3.05, 3.63) is 51.6 Å². The maximum Gasteiger partial charge on any atom is 0.166 e. The first-order chi connectivity index (χ1) is 13.0. The largest absolute Gasteiger partial charge is 0.383 e. The van der Waals surface area contributed by atoms with Crippen LogP contribution in [0, 0.1) is 11.3 Å². The monoisotopic (exact) mass is 424 g/mol. The van der Waals surface area contributed by atoms with Gasteiger partial charge in [0, 0.05) is 16.5 Å². The van der Waals surface area contributed by atoms with Gasteiger partial charge < -0.3 is 5.73 Å². The minimum Gasteiger partial charge on any atom is -0.383 e. The number of aryl methyl sites for hydroxylation is 1. The predicted molar refractivity (Wildman–Crippen MR) is 111 cm³/mol. The molecule has 138 valence electrons. The van der Waals surface area contributed by atoms with Gasteiger partial charge in [-0.25, -0.2) is 4.52 Å². The highest BCUT2D eigenvalue weighted by atomic mass is 79.9. The van der Waals surface area contributed by atoms with Crippen LogP contribution in [0.3, 0.4) is 0 Å². The van der Waals surface area contributed by atoms with Crippen molar-refractivity contribution in [3.8, 4) is 17.2 Å². The molecule has 0 aliphatic carbocycles. The average Bonchev–Trinajstić information content (AvgIpc) is 3.01. The lowest BCUT2D eigenvalue weighted by Gasteiger charge is -2.10. The lowest BCUT2D eigenvalue weighted by atomic mass is 9.97. The van der Waals surface area contributed by atoms with Crippen LogP contribution in [0.2, 0.25) is 0 Å². The standard InChI is InChI=1S/C21H21BrN4O/c1-3-5-17-20(19(27)6-4-2)18-11-15(13-7-9-14(22)10-8-13)16(12-23)21(24)26(18)25-17/h7-11H,3-6,24H2,1-2H3. The van der Waals surface area contributed by atoms with Gasteiger partial charge in [0.2, 0.25) is 0 Å². The van der Waals surface area contributed by atoms with E-state index in [2.05, 4.69) is 34.0 Å². The van der Waals surface area contributed by atoms with Gasteiger partial charge in [0.15, 0.2) is 5.78 Å². The molecule has 0 fully saturated rings. The lowest BCUT2D eigenvalue weighted by molar-refractivity contribution is 0.0982. The third-order valence-corrected chi connectivity index (χ3v) is 5.07. The molecule has 27 heavy (non-hydrogen) atoms. The maximum atomic E-state index is 12.8. The molecular weight excluding hydrogens is 404 g/mol. The molecule has 0 amide bonds. The summed E-state index contributed by atoms with van der Waals surface area (Å²) >= 11 is 3.43. The van der Waals surface area contributed by atoms with Crippen LogP contribution in [-0.2, 0) is 6.42 Å². The summed E-state index contributed by atoms with van der Waals surface area (Å²) in [5, 5.41) is 14.3. The fraction of sp³-hybridized carbons (Fsp3) is 0.286. The molecular formula is C21H21BrN4O. The molecule has 5 nitrogen and oxygen atoms in total. The second-order valence-corrected chi connectivity index (χ2v) is 7.39. The first kappa shape index (κ1) is 19.1. The Labute approximate surface area is 166 Å². The second-order valence-electron chi connectivity index (χ2n) is 6.48. The van der Waals surface area contributed by atoms with E-state index < -0.39 is 0 Å². The lowest BCUT2D eigenvalue weighted by Crippen LogP contribution is -2.05. The molecule has 0 radical (unpaired) electrons. The van der Waals surface area contributed by atoms with E-state index >= 15 is 0 Å². The van der Waals surface area contributed by atoms with Crippen molar-refractivity contribution in [1.82, 2.24) is 9.61 Å². The summed E-state index contributed by atoms with van der Waals surface area (Å²) in [6.07, 6.45) is 2.81. The Kier molecular flexibility index (Phi) is 5.62. The molecule has 0 bridgehead atoms. The van der Waals surface area contributed by atoms with Gasteiger partial charge in [0.25, 0.3) is 0 Å². The molecule has 2 aromatic heterocycles. The summed E-state index contributed by atoms with van der Waals surface area (Å²) in [6.45, 7) is 4.04. The molecule has 0 aliphatic rings. The minimum atomic E-state index is 0.0711. The molecule has 3 rings (SSSR count). The third kappa shape index (κ3) is 3.47. The first-order valence-corrected chi connectivity index (χ1v) is 9.84. The molecule has 0 aliphatic heterocycles. The van der Waals surface area contributed by atoms with Crippen molar-refractivity contribution in [2.75, 3.05) is 5.73 Å². The molecule has 0 unspecified atom stereocenters. The Morgan fingerprint density at radius 1 is 1.26 bits per heavy atom. The van der Waals surface area contributed by atoms with Gasteiger partial charge in [-0.05, 0) is 36.6 Å². The number of hydrogen-bond donors (Lipinski definition) is 1. The zero-order valence-corrected chi connectivity index (χ0v) is 17.0. The number of aromatic nitrogens is 2. The first-order valence-electron chi connectivity index (χ1n) is 9.05. The highest BCUT2D eigenvalue weighted by molar-refractivity contribution is 9.10. The fourth-order valence-corrected chi connectivity index (χ4v) is 3.55. The predicted octanol–water partition coefficient (Wildman–Crippen LogP) is 5.15. The van der Waals surface area contributed by atoms with Gasteiger partial charge in [-0.15, -0.1) is 0 Å². The third-order valence-electron chi connectivity index (χ3n) is 4.54. The Morgan fingerprint density at radius 2 is 1.96 bits per heavy atom. The molecule has 3 aromatic rings. The van der Waals surface area contributed by atoms with Gasteiger partial charge >= 0.3 is 0 Å². The van der Waals surface area contributed by atoms with Crippen LogP contribution < -0.4 is 5.73 Å². The number of carbonyl (C=O) groups is 1. The average molecular weight is 425 g/mol. The number of fused-ring (bicyclic) bond motifs is 1. The van der Waals surface area contributed by atoms with Crippen LogP contribution in [0.15, 0.2) is 34.8 Å². The quantitative estimate of drug-likeness (QED) is 0.554. The van der Waals surface area contributed by atoms with Gasteiger partial charge in [-0.3, -0.25) is 4.79 Å². The number of ketones is 1. The molecule has 0 spiro atoms. The SMILES string of the molecule is CCCC(=O)c1c(CCC)nn2c(N)c(C#N)c(-c3ccc(Br)cc3)cc12. The smallest absolute Gasteiger partial charge is 0.166 e. The minimum absolute atomic E-state index is 0.0711. The van der Waals surface area contributed by atoms with E-state index in [1.165, 1.54) is 0 Å². The van der Waals surface area contributed by atoms with E-state index in [1.807, 2.05) is 37.3 Å². The van der Waals surface area contributed by atoms with E-state index in [-0.39, 0.29) is 11.6 Å². The van der Waals surface area contributed by atoms with Crippen LogP contribution in [0.4, 0.5) is 5.82 Å². The van der Waals surface area contributed by atoms with E-state index in [1.54, 1.807) is 4.52 Å². The van der Waals surface area contributed by atoms with E-state index in [9.17, 15) is 10.1 Å². The number of nitrogen functional groups attached to an aromatic ring is 1. The number of benzene rings is 1. The van der Waals surface area contributed by atoms with Crippen LogP contribution in [0.5, 0.6) is 0 Å². The van der Waals surface area contributed by atoms with Gasteiger partial charge in [0.05, 0.1) is 16.8 Å². The van der Waals surface area contributed by atoms with Gasteiger partial charge in [-0.2, -0.15) is 10.4 Å². The summed E-state index contributed by atoms with van der Waals surface area (Å²) in [5.41, 5.74) is 10.3. The number of nitrogens with zero attached hydrogens (tertiary/aromatic N) is 3. The van der Waals surface area contributed by atoms with E-state index in [0.29, 0.717) is 35.0 Å². The number of nitrogens with two attached hydrogens (primary N) is 1. The molecule has 2 N–H and O–H groups in total. The summed E-state index contributed by atoms with van der Waals surface area (Å²) in [7, 11) is 0. The van der Waals surface area contributed by atoms with Crippen LogP contribution in [0.1, 0.15) is 54.7 Å². The van der Waals surface area contributed by atoms with Gasteiger partial charge in [0.1, 0.15) is 17.5 Å². The van der Waals surface area contributed by atoms with Crippen molar-refractivity contribution < 1.29 is 4.79 Å². The van der Waals surface area contributed by atoms with Crippen molar-refractivity contribution >= 4 is 33.0 Å². The summed E-state index contributed by atoms with van der Waals surface area (Å²) < 4.78 is 2.50. The molecule has 6 heteroatoms. The number of hydrogen-bond acceptors (Lipinski definition) is 4. The number of Topliss-reactive ketones (excluding diaryl/α,β-unsaturated/α-hetero) is 1. The number of carbonyl (C=O) groups excluding carboxylic acids is 1. The Morgan fingerprint density at radius 3 is 2.56 bits per heavy atom. The van der Waals surface area contributed by atoms with Crippen molar-refractivity contribution in [2.45, 2.75) is 39.5 Å². The second kappa shape index (κ2) is 7.93. The number of halogens is 1. The highest BCUT2D eigenvalue weighted by Crippen LogP contribution is 2.33. The summed E-state index contributed by atoms with van der Waals surface area (Å²) in [5.74, 6) is 0.336. The van der Waals surface area contributed by atoms with Crippen LogP contribution >= 0.6 is 15.9 Å². The zero-order chi connectivity index (χ0) is 19.6. The van der Waals surface area contributed by atoms with Crippen molar-refractivity contribution in [3.63, 3.8) is 0 Å². The van der Waals surface area contributed by atoms with E-state index in [0.717, 1.165) is 28.6 Å². The van der Waals surface area contributed by atoms with E-state index in [4.69, 9.17) is 5.73 Å². The number of nitriles is 1. The van der Waals surface area contributed by atoms with Crippen molar-refractivity contribution in [2.24, 2.45) is 0 Å². The highest BCUT2D eigenvalue weighted by Gasteiger charge is 2.23. The normalized spacial score (nSPS) is 10.9. The molecule has 2 heterocycles. The molecule has 1 aromatic carbocycles. The van der Waals surface area contributed by atoms with Crippen molar-refractivity contribution in [1.29, 1.82) is 5.26 Å². The zero-order valence-electron chi connectivity index (χ0n) is 15.4. The molecule has 0 saturated carbocycles. The van der Waals surface area contributed by atoms with Gasteiger partial charge in [-0.1, -0.05) is 48.3 Å². The Hall–Kier alpha value is -2.65. The Balaban J connectivity index is 2.35. The summed E-state index contributed by atoms with van der Waals surface area (Å²) in [6, 6.07) is 11.7. The number of rotatable bonds is 6.